The van der Waals surface area contributed by atoms with Crippen molar-refractivity contribution < 1.29 is 23.9 Å². The van der Waals surface area contributed by atoms with Crippen molar-refractivity contribution in [2.45, 2.75) is 25.7 Å². The van der Waals surface area contributed by atoms with Crippen LogP contribution in [0.15, 0.2) is 84.9 Å². The monoisotopic (exact) mass is 519 g/mol. The number of rotatable bonds is 11. The average molecular weight is 520 g/mol. The summed E-state index contributed by atoms with van der Waals surface area (Å²) in [6, 6.07) is 27.2. The SMILES string of the molecule is O=C(COc1ccc(-c2ccccc2)cc1)NNC(=S)NC(=O)CCC(=O)OCCCc1ccccc1. The maximum Gasteiger partial charge on any atom is 0.306 e. The first-order chi connectivity index (χ1) is 18.0. The summed E-state index contributed by atoms with van der Waals surface area (Å²) in [5, 5.41) is 2.30. The molecule has 8 nitrogen and oxygen atoms in total. The molecule has 0 atom stereocenters. The average Bonchev–Trinajstić information content (AvgIpc) is 2.93. The number of esters is 1. The quantitative estimate of drug-likeness (QED) is 0.154. The van der Waals surface area contributed by atoms with Gasteiger partial charge in [0.2, 0.25) is 5.91 Å². The molecule has 0 spiro atoms. The molecule has 3 aromatic rings. The smallest absolute Gasteiger partial charge is 0.306 e. The third kappa shape index (κ3) is 10.5. The van der Waals surface area contributed by atoms with Crippen LogP contribution in [0, 0.1) is 0 Å². The third-order valence-electron chi connectivity index (χ3n) is 5.17. The second kappa shape index (κ2) is 15.0. The molecular weight excluding hydrogens is 490 g/mol. The normalized spacial score (nSPS) is 10.2. The molecule has 0 radical (unpaired) electrons. The Morgan fingerprint density at radius 3 is 2.08 bits per heavy atom. The number of carbonyl (C=O) groups is 3. The van der Waals surface area contributed by atoms with Gasteiger partial charge in [0.15, 0.2) is 11.7 Å². The fraction of sp³-hybridized carbons (Fsp3) is 0.214. The van der Waals surface area contributed by atoms with E-state index < -0.39 is 17.8 Å². The van der Waals surface area contributed by atoms with Gasteiger partial charge in [0.25, 0.3) is 5.91 Å². The molecule has 0 aliphatic carbocycles. The minimum Gasteiger partial charge on any atom is -0.484 e. The lowest BCUT2D eigenvalue weighted by Gasteiger charge is -2.11. The summed E-state index contributed by atoms with van der Waals surface area (Å²) < 4.78 is 10.6. The van der Waals surface area contributed by atoms with Crippen LogP contribution < -0.4 is 20.9 Å². The van der Waals surface area contributed by atoms with Gasteiger partial charge in [-0.25, -0.2) is 0 Å². The first-order valence-corrected chi connectivity index (χ1v) is 12.3. The Balaban J connectivity index is 1.24. The molecule has 192 valence electrons. The zero-order valence-electron chi connectivity index (χ0n) is 20.3. The van der Waals surface area contributed by atoms with Crippen LogP contribution in [-0.2, 0) is 25.5 Å². The Kier molecular flexibility index (Phi) is 11.1. The van der Waals surface area contributed by atoms with Crippen molar-refractivity contribution in [3.63, 3.8) is 0 Å². The predicted molar refractivity (Wildman–Crippen MR) is 144 cm³/mol. The van der Waals surface area contributed by atoms with Gasteiger partial charge in [0, 0.05) is 6.42 Å². The van der Waals surface area contributed by atoms with Crippen LogP contribution in [-0.4, -0.2) is 36.1 Å². The number of ether oxygens (including phenoxy) is 2. The molecule has 0 fully saturated rings. The standard InChI is InChI=1S/C28H29N3O5S/c32-25(17-18-27(34)35-19-7-10-21-8-3-1-4-9-21)29-28(37)31-30-26(33)20-36-24-15-13-23(14-16-24)22-11-5-2-6-12-22/h1-6,8-9,11-16H,7,10,17-20H2,(H,30,33)(H2,29,31,32,37). The highest BCUT2D eigenvalue weighted by molar-refractivity contribution is 7.80. The number of aryl methyl sites for hydroxylation is 1. The van der Waals surface area contributed by atoms with Gasteiger partial charge in [-0.15, -0.1) is 0 Å². The largest absolute Gasteiger partial charge is 0.484 e. The summed E-state index contributed by atoms with van der Waals surface area (Å²) in [5.41, 5.74) is 8.08. The lowest BCUT2D eigenvalue weighted by molar-refractivity contribution is -0.145. The number of benzene rings is 3. The Morgan fingerprint density at radius 2 is 1.38 bits per heavy atom. The Hall–Kier alpha value is -4.24. The lowest BCUT2D eigenvalue weighted by atomic mass is 10.1. The topological polar surface area (TPSA) is 106 Å². The first kappa shape index (κ1) is 27.3. The predicted octanol–water partition coefficient (Wildman–Crippen LogP) is 3.71. The van der Waals surface area contributed by atoms with Crippen molar-refractivity contribution in [3.8, 4) is 16.9 Å². The van der Waals surface area contributed by atoms with Crippen LogP contribution in [0.4, 0.5) is 0 Å². The van der Waals surface area contributed by atoms with Crippen molar-refractivity contribution in [1.82, 2.24) is 16.2 Å². The van der Waals surface area contributed by atoms with E-state index in [9.17, 15) is 14.4 Å². The van der Waals surface area contributed by atoms with Gasteiger partial charge in [-0.05, 0) is 53.9 Å². The molecule has 37 heavy (non-hydrogen) atoms. The summed E-state index contributed by atoms with van der Waals surface area (Å²) >= 11 is 4.98. The summed E-state index contributed by atoms with van der Waals surface area (Å²) in [7, 11) is 0. The molecule has 0 aliphatic heterocycles. The zero-order valence-corrected chi connectivity index (χ0v) is 21.1. The molecule has 3 rings (SSSR count). The second-order valence-corrected chi connectivity index (χ2v) is 8.45. The van der Waals surface area contributed by atoms with Crippen molar-refractivity contribution in [1.29, 1.82) is 0 Å². The van der Waals surface area contributed by atoms with Crippen LogP contribution in [0.3, 0.4) is 0 Å². The minimum atomic E-state index is -0.484. The van der Waals surface area contributed by atoms with Crippen LogP contribution in [0.2, 0.25) is 0 Å². The fourth-order valence-electron chi connectivity index (χ4n) is 3.30. The maximum absolute atomic E-state index is 12.0. The molecule has 0 saturated carbocycles. The fourth-order valence-corrected chi connectivity index (χ4v) is 3.47. The van der Waals surface area contributed by atoms with E-state index in [0.29, 0.717) is 18.8 Å². The Morgan fingerprint density at radius 1 is 0.730 bits per heavy atom. The number of carbonyl (C=O) groups excluding carboxylic acids is 3. The van der Waals surface area contributed by atoms with Crippen LogP contribution >= 0.6 is 12.2 Å². The molecule has 3 N–H and O–H groups in total. The molecule has 2 amide bonds. The third-order valence-corrected chi connectivity index (χ3v) is 5.38. The van der Waals surface area contributed by atoms with E-state index in [2.05, 4.69) is 16.2 Å². The summed E-state index contributed by atoms with van der Waals surface area (Å²) in [5.74, 6) is -0.868. The second-order valence-electron chi connectivity index (χ2n) is 8.04. The van der Waals surface area contributed by atoms with Gasteiger partial charge in [0.1, 0.15) is 5.75 Å². The van der Waals surface area contributed by atoms with Gasteiger partial charge in [-0.1, -0.05) is 72.8 Å². The van der Waals surface area contributed by atoms with Crippen LogP contribution in [0.1, 0.15) is 24.8 Å². The zero-order chi connectivity index (χ0) is 26.3. The van der Waals surface area contributed by atoms with E-state index >= 15 is 0 Å². The van der Waals surface area contributed by atoms with E-state index in [1.165, 1.54) is 5.56 Å². The van der Waals surface area contributed by atoms with Gasteiger partial charge in [0.05, 0.1) is 13.0 Å². The summed E-state index contributed by atoms with van der Waals surface area (Å²) in [4.78, 5) is 35.8. The van der Waals surface area contributed by atoms with Gasteiger partial charge >= 0.3 is 5.97 Å². The molecule has 0 saturated heterocycles. The first-order valence-electron chi connectivity index (χ1n) is 11.9. The van der Waals surface area contributed by atoms with E-state index in [-0.39, 0.29) is 24.6 Å². The van der Waals surface area contributed by atoms with Crippen molar-refractivity contribution in [3.05, 3.63) is 90.5 Å². The lowest BCUT2D eigenvalue weighted by Crippen LogP contribution is -2.49. The van der Waals surface area contributed by atoms with Gasteiger partial charge in [-0.2, -0.15) is 0 Å². The number of amides is 2. The molecule has 9 heteroatoms. The molecule has 0 aliphatic rings. The van der Waals surface area contributed by atoms with E-state index in [4.69, 9.17) is 21.7 Å². The Labute approximate surface area is 221 Å². The van der Waals surface area contributed by atoms with E-state index in [1.54, 1.807) is 12.1 Å². The number of hydrazine groups is 1. The van der Waals surface area contributed by atoms with Gasteiger partial charge < -0.3 is 14.8 Å². The summed E-state index contributed by atoms with van der Waals surface area (Å²) in [6.45, 7) is 0.0466. The van der Waals surface area contributed by atoms with E-state index in [1.807, 2.05) is 72.8 Å². The highest BCUT2D eigenvalue weighted by Crippen LogP contribution is 2.21. The molecule has 3 aromatic carbocycles. The Bertz CT molecular complexity index is 1170. The molecular formula is C28H29N3O5S. The highest BCUT2D eigenvalue weighted by atomic mass is 32.1. The number of hydrogen-bond acceptors (Lipinski definition) is 6. The minimum absolute atomic E-state index is 0.0664. The van der Waals surface area contributed by atoms with Gasteiger partial charge in [-0.3, -0.25) is 25.2 Å². The number of thiocarbonyl (C=S) groups is 1. The van der Waals surface area contributed by atoms with Crippen molar-refractivity contribution in [2.75, 3.05) is 13.2 Å². The molecule has 0 aromatic heterocycles. The molecule has 0 bridgehead atoms. The van der Waals surface area contributed by atoms with Crippen molar-refractivity contribution >= 4 is 35.1 Å². The van der Waals surface area contributed by atoms with Crippen LogP contribution in [0.25, 0.3) is 11.1 Å². The van der Waals surface area contributed by atoms with E-state index in [0.717, 1.165) is 17.5 Å². The summed E-state index contributed by atoms with van der Waals surface area (Å²) in [6.07, 6.45) is 1.36. The number of nitrogens with one attached hydrogen (secondary N) is 3. The molecule has 0 unspecified atom stereocenters. The maximum atomic E-state index is 12.0. The highest BCUT2D eigenvalue weighted by Gasteiger charge is 2.10. The van der Waals surface area contributed by atoms with Crippen molar-refractivity contribution in [2.24, 2.45) is 0 Å². The van der Waals surface area contributed by atoms with Crippen LogP contribution in [0.5, 0.6) is 5.75 Å². The molecule has 0 heterocycles. The number of hydrogen-bond donors (Lipinski definition) is 3.